The fraction of sp³-hybridized carbons (Fsp3) is 0.0625. The van der Waals surface area contributed by atoms with Gasteiger partial charge in [-0.15, -0.1) is 0 Å². The molecule has 0 aliphatic heterocycles. The maximum atomic E-state index is 12.0. The summed E-state index contributed by atoms with van der Waals surface area (Å²) in [5.41, 5.74) is 1.27. The number of rotatable bonds is 6. The minimum atomic E-state index is -0.566. The van der Waals surface area contributed by atoms with Crippen molar-refractivity contribution in [1.82, 2.24) is 14.8 Å². The summed E-state index contributed by atoms with van der Waals surface area (Å²) in [5, 5.41) is 20.2. The quantitative estimate of drug-likeness (QED) is 0.527. The minimum Gasteiger partial charge on any atom is -0.340 e. The molecule has 126 valence electrons. The molecule has 3 aromatic rings. The smallest absolute Gasteiger partial charge is 0.307 e. The molecule has 0 spiro atoms. The molecule has 2 N–H and O–H groups in total. The highest BCUT2D eigenvalue weighted by atomic mass is 16.6. The van der Waals surface area contributed by atoms with Gasteiger partial charge in [0.05, 0.1) is 16.8 Å². The molecule has 2 aromatic heterocycles. The number of anilines is 3. The van der Waals surface area contributed by atoms with Crippen LogP contribution in [0.1, 0.15) is 0 Å². The molecule has 0 fully saturated rings. The molecule has 0 atom stereocenters. The molecular formula is C16H14N6O3. The Bertz CT molecular complexity index is 876. The molecule has 0 aliphatic rings. The zero-order valence-corrected chi connectivity index (χ0v) is 13.0. The number of nitro groups is 1. The molecule has 2 heterocycles. The second-order valence-corrected chi connectivity index (χ2v) is 5.12. The van der Waals surface area contributed by atoms with Gasteiger partial charge in [0, 0.05) is 5.69 Å². The summed E-state index contributed by atoms with van der Waals surface area (Å²) >= 11 is 0. The molecule has 0 bridgehead atoms. The Hall–Kier alpha value is -3.75. The van der Waals surface area contributed by atoms with E-state index >= 15 is 0 Å². The van der Waals surface area contributed by atoms with Crippen LogP contribution in [0.5, 0.6) is 0 Å². The number of aromatic nitrogens is 3. The Morgan fingerprint density at radius 1 is 1.12 bits per heavy atom. The van der Waals surface area contributed by atoms with E-state index in [9.17, 15) is 14.9 Å². The number of pyridine rings is 1. The van der Waals surface area contributed by atoms with Crippen LogP contribution in [-0.2, 0) is 11.3 Å². The summed E-state index contributed by atoms with van der Waals surface area (Å²) in [5.74, 6) is 0.287. The molecule has 25 heavy (non-hydrogen) atoms. The van der Waals surface area contributed by atoms with Crippen LogP contribution in [0.4, 0.5) is 22.9 Å². The lowest BCUT2D eigenvalue weighted by atomic mass is 10.3. The number of hydrogen-bond acceptors (Lipinski definition) is 6. The second-order valence-electron chi connectivity index (χ2n) is 5.12. The Kier molecular flexibility index (Phi) is 4.65. The summed E-state index contributed by atoms with van der Waals surface area (Å²) in [7, 11) is 0. The topological polar surface area (TPSA) is 115 Å². The Morgan fingerprint density at radius 3 is 2.56 bits per heavy atom. The summed E-state index contributed by atoms with van der Waals surface area (Å²) in [6.45, 7) is -0.127. The molecule has 3 rings (SSSR count). The highest BCUT2D eigenvalue weighted by molar-refractivity contribution is 5.90. The zero-order chi connectivity index (χ0) is 17.6. The van der Waals surface area contributed by atoms with Crippen LogP contribution in [0.15, 0.2) is 61.1 Å². The van der Waals surface area contributed by atoms with Crippen molar-refractivity contribution < 1.29 is 9.72 Å². The highest BCUT2D eigenvalue weighted by Gasteiger charge is 2.11. The van der Waals surface area contributed by atoms with Crippen molar-refractivity contribution in [3.63, 3.8) is 0 Å². The molecule has 0 unspecified atom stereocenters. The minimum absolute atomic E-state index is 0.127. The van der Waals surface area contributed by atoms with Crippen molar-refractivity contribution in [2.45, 2.75) is 6.54 Å². The van der Waals surface area contributed by atoms with Gasteiger partial charge < -0.3 is 10.6 Å². The van der Waals surface area contributed by atoms with Crippen molar-refractivity contribution >= 4 is 28.8 Å². The lowest BCUT2D eigenvalue weighted by molar-refractivity contribution is -0.385. The maximum absolute atomic E-state index is 12.0. The van der Waals surface area contributed by atoms with Gasteiger partial charge in [0.1, 0.15) is 24.8 Å². The van der Waals surface area contributed by atoms with E-state index in [0.717, 1.165) is 11.9 Å². The van der Waals surface area contributed by atoms with E-state index in [4.69, 9.17) is 0 Å². The van der Waals surface area contributed by atoms with Gasteiger partial charge in [-0.2, -0.15) is 5.10 Å². The molecule has 9 heteroatoms. The number of carbonyl (C=O) groups excluding carboxylic acids is 1. The third kappa shape index (κ3) is 4.38. The second kappa shape index (κ2) is 7.21. The van der Waals surface area contributed by atoms with Crippen LogP contribution in [0.3, 0.4) is 0 Å². The van der Waals surface area contributed by atoms with Crippen LogP contribution in [0.2, 0.25) is 0 Å². The number of amides is 1. The molecule has 0 aliphatic carbocycles. The lowest BCUT2D eigenvalue weighted by Gasteiger charge is -2.07. The zero-order valence-electron chi connectivity index (χ0n) is 13.0. The number of hydrogen-bond donors (Lipinski definition) is 2. The fourth-order valence-electron chi connectivity index (χ4n) is 2.09. The average Bonchev–Trinajstić information content (AvgIpc) is 3.06. The highest BCUT2D eigenvalue weighted by Crippen LogP contribution is 2.15. The van der Waals surface area contributed by atoms with E-state index in [1.54, 1.807) is 12.1 Å². The first kappa shape index (κ1) is 16.1. The van der Waals surface area contributed by atoms with Crippen LogP contribution < -0.4 is 10.6 Å². The normalized spacial score (nSPS) is 10.2. The number of carbonyl (C=O) groups is 1. The van der Waals surface area contributed by atoms with Gasteiger partial charge in [-0.1, -0.05) is 18.2 Å². The van der Waals surface area contributed by atoms with Crippen LogP contribution in [-0.4, -0.2) is 25.6 Å². The molecule has 1 amide bonds. The summed E-state index contributed by atoms with van der Waals surface area (Å²) in [6.07, 6.45) is 3.82. The van der Waals surface area contributed by atoms with Crippen molar-refractivity contribution in [2.24, 2.45) is 0 Å². The number of nitrogens with zero attached hydrogens (tertiary/aromatic N) is 4. The van der Waals surface area contributed by atoms with Gasteiger partial charge in [-0.05, 0) is 24.3 Å². The average molecular weight is 338 g/mol. The third-order valence-electron chi connectivity index (χ3n) is 3.23. The number of para-hydroxylation sites is 1. The van der Waals surface area contributed by atoms with Crippen molar-refractivity contribution in [3.8, 4) is 0 Å². The predicted octanol–water partition coefficient (Wildman–Crippen LogP) is 2.57. The van der Waals surface area contributed by atoms with E-state index in [1.807, 2.05) is 30.3 Å². The SMILES string of the molecule is O=C(Cn1cc([N+](=O)[O-])cn1)Nc1ccc(Nc2ccccc2)nc1. The predicted molar refractivity (Wildman–Crippen MR) is 91.5 cm³/mol. The van der Waals surface area contributed by atoms with Gasteiger partial charge in [0.25, 0.3) is 0 Å². The summed E-state index contributed by atoms with van der Waals surface area (Å²) < 4.78 is 1.20. The number of benzene rings is 1. The van der Waals surface area contributed by atoms with E-state index in [0.29, 0.717) is 11.5 Å². The van der Waals surface area contributed by atoms with E-state index in [2.05, 4.69) is 20.7 Å². The van der Waals surface area contributed by atoms with Gasteiger partial charge in [0.2, 0.25) is 5.91 Å². The van der Waals surface area contributed by atoms with Gasteiger partial charge in [-0.3, -0.25) is 19.6 Å². The van der Waals surface area contributed by atoms with Crippen LogP contribution >= 0.6 is 0 Å². The largest absolute Gasteiger partial charge is 0.340 e. The first-order valence-electron chi connectivity index (χ1n) is 7.35. The molecule has 1 aromatic carbocycles. The van der Waals surface area contributed by atoms with Gasteiger partial charge in [-0.25, -0.2) is 4.98 Å². The lowest BCUT2D eigenvalue weighted by Crippen LogP contribution is -2.19. The number of nitrogens with one attached hydrogen (secondary N) is 2. The monoisotopic (exact) mass is 338 g/mol. The molecule has 9 nitrogen and oxygen atoms in total. The maximum Gasteiger partial charge on any atom is 0.307 e. The standard InChI is InChI=1S/C16H14N6O3/c23-16(11-21-10-14(9-18-21)22(24)25)20-13-6-7-15(17-8-13)19-12-4-2-1-3-5-12/h1-10H,11H2,(H,17,19)(H,20,23). The Morgan fingerprint density at radius 2 is 1.92 bits per heavy atom. The van der Waals surface area contributed by atoms with Crippen molar-refractivity contribution in [2.75, 3.05) is 10.6 Å². The fourth-order valence-corrected chi connectivity index (χ4v) is 2.09. The Labute approximate surface area is 142 Å². The first-order valence-corrected chi connectivity index (χ1v) is 7.35. The van der Waals surface area contributed by atoms with Crippen molar-refractivity contribution in [1.29, 1.82) is 0 Å². The first-order chi connectivity index (χ1) is 12.1. The van der Waals surface area contributed by atoms with Crippen LogP contribution in [0.25, 0.3) is 0 Å². The van der Waals surface area contributed by atoms with Gasteiger partial charge >= 0.3 is 5.69 Å². The molecule has 0 saturated heterocycles. The van der Waals surface area contributed by atoms with Crippen molar-refractivity contribution in [3.05, 3.63) is 71.2 Å². The van der Waals surface area contributed by atoms with Crippen LogP contribution in [0, 0.1) is 10.1 Å². The molecule has 0 saturated carbocycles. The van der Waals surface area contributed by atoms with E-state index in [1.165, 1.54) is 17.1 Å². The van der Waals surface area contributed by atoms with Gasteiger partial charge in [0.15, 0.2) is 0 Å². The molecule has 0 radical (unpaired) electrons. The van der Waals surface area contributed by atoms with E-state index < -0.39 is 4.92 Å². The Balaban J connectivity index is 1.57. The summed E-state index contributed by atoms with van der Waals surface area (Å²) in [4.78, 5) is 26.2. The third-order valence-corrected chi connectivity index (χ3v) is 3.23. The summed E-state index contributed by atoms with van der Waals surface area (Å²) in [6, 6.07) is 13.0. The molecular weight excluding hydrogens is 324 g/mol. The van der Waals surface area contributed by atoms with E-state index in [-0.39, 0.29) is 18.1 Å².